The normalized spacial score (nSPS) is 10.6. The van der Waals surface area contributed by atoms with E-state index in [0.29, 0.717) is 13.2 Å². The third kappa shape index (κ3) is 7.85. The Hall–Kier alpha value is -1.06. The zero-order valence-corrected chi connectivity index (χ0v) is 12.3. The van der Waals surface area contributed by atoms with E-state index >= 15 is 0 Å². The fourth-order valence-electron chi connectivity index (χ4n) is 1.68. The topological polar surface area (TPSA) is 30.5 Å². The maximum absolute atomic E-state index is 5.62. The number of ether oxygens (including phenoxy) is 2. The van der Waals surface area contributed by atoms with E-state index in [0.717, 1.165) is 31.9 Å². The highest BCUT2D eigenvalue weighted by atomic mass is 16.5. The molecule has 3 nitrogen and oxygen atoms in total. The maximum atomic E-state index is 5.62. The van der Waals surface area contributed by atoms with Gasteiger partial charge in [-0.05, 0) is 37.1 Å². The third-order valence-corrected chi connectivity index (χ3v) is 2.82. The number of hydrogen-bond acceptors (Lipinski definition) is 3. The summed E-state index contributed by atoms with van der Waals surface area (Å²) in [4.78, 5) is 0. The van der Waals surface area contributed by atoms with Crippen LogP contribution in [-0.4, -0.2) is 26.4 Å². The molecule has 0 radical (unpaired) electrons. The van der Waals surface area contributed by atoms with Crippen molar-refractivity contribution in [3.05, 3.63) is 29.8 Å². The second kappa shape index (κ2) is 10.8. The first kappa shape index (κ1) is 16.0. The van der Waals surface area contributed by atoms with E-state index in [4.69, 9.17) is 9.47 Å². The van der Waals surface area contributed by atoms with Crippen molar-refractivity contribution in [3.63, 3.8) is 0 Å². The van der Waals surface area contributed by atoms with Crippen LogP contribution in [-0.2, 0) is 11.3 Å². The summed E-state index contributed by atoms with van der Waals surface area (Å²) < 4.78 is 11.1. The minimum atomic E-state index is 0.622. The predicted octanol–water partition coefficient (Wildman–Crippen LogP) is 3.38. The van der Waals surface area contributed by atoms with Gasteiger partial charge in [-0.1, -0.05) is 32.4 Å². The lowest BCUT2D eigenvalue weighted by Crippen LogP contribution is -2.13. The van der Waals surface area contributed by atoms with Gasteiger partial charge in [0, 0.05) is 13.2 Å². The van der Waals surface area contributed by atoms with Crippen LogP contribution < -0.4 is 10.1 Å². The molecule has 0 spiro atoms. The summed E-state index contributed by atoms with van der Waals surface area (Å²) in [5.74, 6) is 0.915. The summed E-state index contributed by atoms with van der Waals surface area (Å²) in [6.07, 6.45) is 3.47. The Kier molecular flexibility index (Phi) is 9.11. The van der Waals surface area contributed by atoms with Gasteiger partial charge in [-0.15, -0.1) is 0 Å². The van der Waals surface area contributed by atoms with Gasteiger partial charge in [-0.25, -0.2) is 0 Å². The third-order valence-electron chi connectivity index (χ3n) is 2.82. The molecule has 1 aromatic rings. The number of benzene rings is 1. The standard InChI is InChI=1S/C16H27NO2/c1-3-5-11-18-12-13-19-16-8-6-15(7-9-16)14-17-10-4-2/h6-9,17H,3-5,10-14H2,1-2H3. The van der Waals surface area contributed by atoms with Crippen LogP contribution in [0.3, 0.4) is 0 Å². The van der Waals surface area contributed by atoms with Gasteiger partial charge >= 0.3 is 0 Å². The van der Waals surface area contributed by atoms with Gasteiger partial charge in [0.25, 0.3) is 0 Å². The van der Waals surface area contributed by atoms with Crippen molar-refractivity contribution in [2.45, 2.75) is 39.7 Å². The molecule has 0 aliphatic heterocycles. The van der Waals surface area contributed by atoms with E-state index in [9.17, 15) is 0 Å². The first-order valence-corrected chi connectivity index (χ1v) is 7.37. The van der Waals surface area contributed by atoms with E-state index in [1.54, 1.807) is 0 Å². The molecule has 0 aliphatic rings. The molecule has 0 aliphatic carbocycles. The molecule has 19 heavy (non-hydrogen) atoms. The Bertz CT molecular complexity index is 311. The molecule has 0 fully saturated rings. The zero-order valence-electron chi connectivity index (χ0n) is 12.3. The van der Waals surface area contributed by atoms with Crippen molar-refractivity contribution in [1.82, 2.24) is 5.32 Å². The molecule has 0 aromatic heterocycles. The van der Waals surface area contributed by atoms with Crippen LogP contribution in [0, 0.1) is 0 Å². The SMILES string of the molecule is CCCCOCCOc1ccc(CNCCC)cc1. The van der Waals surface area contributed by atoms with Crippen LogP contribution in [0.25, 0.3) is 0 Å². The van der Waals surface area contributed by atoms with Crippen molar-refractivity contribution in [3.8, 4) is 5.75 Å². The summed E-state index contributed by atoms with van der Waals surface area (Å²) in [5.41, 5.74) is 1.29. The molecule has 1 rings (SSSR count). The minimum Gasteiger partial charge on any atom is -0.491 e. The Labute approximate surface area is 117 Å². The number of nitrogens with one attached hydrogen (secondary N) is 1. The highest BCUT2D eigenvalue weighted by Crippen LogP contribution is 2.11. The molecule has 3 heteroatoms. The van der Waals surface area contributed by atoms with E-state index < -0.39 is 0 Å². The van der Waals surface area contributed by atoms with Crippen molar-refractivity contribution in [2.75, 3.05) is 26.4 Å². The summed E-state index contributed by atoms with van der Waals surface area (Å²) in [6.45, 7) is 8.45. The van der Waals surface area contributed by atoms with Gasteiger partial charge in [-0.3, -0.25) is 0 Å². The van der Waals surface area contributed by atoms with Crippen molar-refractivity contribution < 1.29 is 9.47 Å². The minimum absolute atomic E-state index is 0.622. The second-order valence-electron chi connectivity index (χ2n) is 4.64. The van der Waals surface area contributed by atoms with Gasteiger partial charge in [0.1, 0.15) is 12.4 Å². The summed E-state index contributed by atoms with van der Waals surface area (Å²) >= 11 is 0. The van der Waals surface area contributed by atoms with Crippen molar-refractivity contribution >= 4 is 0 Å². The Balaban J connectivity index is 2.13. The first-order chi connectivity index (χ1) is 9.36. The number of hydrogen-bond donors (Lipinski definition) is 1. The first-order valence-electron chi connectivity index (χ1n) is 7.37. The lowest BCUT2D eigenvalue weighted by Gasteiger charge is -2.08. The van der Waals surface area contributed by atoms with Gasteiger partial charge in [0.2, 0.25) is 0 Å². The molecular formula is C16H27NO2. The van der Waals surface area contributed by atoms with Gasteiger partial charge in [-0.2, -0.15) is 0 Å². The molecule has 0 heterocycles. The molecule has 1 N–H and O–H groups in total. The molecular weight excluding hydrogens is 238 g/mol. The molecule has 0 saturated heterocycles. The van der Waals surface area contributed by atoms with Crippen LogP contribution >= 0.6 is 0 Å². The average Bonchev–Trinajstić information content (AvgIpc) is 2.44. The van der Waals surface area contributed by atoms with E-state index in [1.807, 2.05) is 12.1 Å². The Morgan fingerprint density at radius 2 is 1.74 bits per heavy atom. The molecule has 0 bridgehead atoms. The van der Waals surface area contributed by atoms with Gasteiger partial charge < -0.3 is 14.8 Å². The highest BCUT2D eigenvalue weighted by molar-refractivity contribution is 5.27. The molecule has 0 saturated carbocycles. The fraction of sp³-hybridized carbons (Fsp3) is 0.625. The van der Waals surface area contributed by atoms with E-state index in [-0.39, 0.29) is 0 Å². The smallest absolute Gasteiger partial charge is 0.119 e. The fourth-order valence-corrected chi connectivity index (χ4v) is 1.68. The van der Waals surface area contributed by atoms with Crippen molar-refractivity contribution in [2.24, 2.45) is 0 Å². The van der Waals surface area contributed by atoms with Gasteiger partial charge in [0.05, 0.1) is 6.61 Å². The highest BCUT2D eigenvalue weighted by Gasteiger charge is 1.96. The summed E-state index contributed by atoms with van der Waals surface area (Å²) in [7, 11) is 0. The van der Waals surface area contributed by atoms with Crippen LogP contribution in [0.1, 0.15) is 38.7 Å². The molecule has 0 unspecified atom stereocenters. The van der Waals surface area contributed by atoms with E-state index in [1.165, 1.54) is 18.4 Å². The number of unbranched alkanes of at least 4 members (excludes halogenated alkanes) is 1. The quantitative estimate of drug-likeness (QED) is 0.622. The zero-order chi connectivity index (χ0) is 13.8. The number of rotatable bonds is 11. The molecule has 0 amide bonds. The average molecular weight is 265 g/mol. The lowest BCUT2D eigenvalue weighted by atomic mass is 10.2. The Morgan fingerprint density at radius 1 is 0.947 bits per heavy atom. The van der Waals surface area contributed by atoms with Crippen LogP contribution in [0.2, 0.25) is 0 Å². The van der Waals surface area contributed by atoms with Crippen molar-refractivity contribution in [1.29, 1.82) is 0 Å². The predicted molar refractivity (Wildman–Crippen MR) is 79.7 cm³/mol. The van der Waals surface area contributed by atoms with Crippen LogP contribution in [0.15, 0.2) is 24.3 Å². The Morgan fingerprint density at radius 3 is 2.42 bits per heavy atom. The van der Waals surface area contributed by atoms with Crippen LogP contribution in [0.4, 0.5) is 0 Å². The molecule has 1 aromatic carbocycles. The molecule has 108 valence electrons. The summed E-state index contributed by atoms with van der Waals surface area (Å²) in [5, 5.41) is 3.38. The maximum Gasteiger partial charge on any atom is 0.119 e. The largest absolute Gasteiger partial charge is 0.491 e. The van der Waals surface area contributed by atoms with Crippen LogP contribution in [0.5, 0.6) is 5.75 Å². The second-order valence-corrected chi connectivity index (χ2v) is 4.64. The lowest BCUT2D eigenvalue weighted by molar-refractivity contribution is 0.0980. The van der Waals surface area contributed by atoms with E-state index in [2.05, 4.69) is 31.3 Å². The van der Waals surface area contributed by atoms with Gasteiger partial charge in [0.15, 0.2) is 0 Å². The molecule has 0 atom stereocenters. The monoisotopic (exact) mass is 265 g/mol. The summed E-state index contributed by atoms with van der Waals surface area (Å²) in [6, 6.07) is 8.26.